The van der Waals surface area contributed by atoms with Gasteiger partial charge in [0.15, 0.2) is 0 Å². The summed E-state index contributed by atoms with van der Waals surface area (Å²) in [7, 11) is 0. The molecule has 0 saturated heterocycles. The summed E-state index contributed by atoms with van der Waals surface area (Å²) in [5, 5.41) is 8.01. The molecule has 0 spiro atoms. The van der Waals surface area contributed by atoms with E-state index in [9.17, 15) is 4.79 Å². The van der Waals surface area contributed by atoms with Crippen molar-refractivity contribution in [3.63, 3.8) is 0 Å². The van der Waals surface area contributed by atoms with Gasteiger partial charge in [0, 0.05) is 10.9 Å². The number of alkyl halides is 1. The molecule has 18 heavy (non-hydrogen) atoms. The predicted molar refractivity (Wildman–Crippen MR) is 78.5 cm³/mol. The normalized spacial score (nSPS) is 14.2. The largest absolute Gasteiger partial charge is 0.346 e. The van der Waals surface area contributed by atoms with E-state index in [2.05, 4.69) is 51.6 Å². The van der Waals surface area contributed by atoms with E-state index in [1.165, 1.54) is 11.5 Å². The molecule has 1 unspecified atom stereocenters. The zero-order valence-electron chi connectivity index (χ0n) is 11.1. The van der Waals surface area contributed by atoms with E-state index in [-0.39, 0.29) is 11.4 Å². The molecule has 1 N–H and O–H groups in total. The van der Waals surface area contributed by atoms with Gasteiger partial charge in [-0.2, -0.15) is 0 Å². The molecule has 1 amide bonds. The molecule has 4 nitrogen and oxygen atoms in total. The Kier molecular flexibility index (Phi) is 6.21. The summed E-state index contributed by atoms with van der Waals surface area (Å²) in [5.74, 6) is -0.0428. The number of nitrogens with zero attached hydrogens (tertiary/aromatic N) is 2. The van der Waals surface area contributed by atoms with Crippen LogP contribution in [0.15, 0.2) is 0 Å². The van der Waals surface area contributed by atoms with Gasteiger partial charge in [-0.25, -0.2) is 0 Å². The molecule has 0 radical (unpaired) electrons. The van der Waals surface area contributed by atoms with Gasteiger partial charge in [-0.1, -0.05) is 40.7 Å². The molecule has 1 heterocycles. The van der Waals surface area contributed by atoms with E-state index in [0.29, 0.717) is 4.88 Å². The molecule has 1 aromatic heterocycles. The Morgan fingerprint density at radius 1 is 1.50 bits per heavy atom. The molecule has 1 rings (SSSR count). The van der Waals surface area contributed by atoms with Crippen LogP contribution in [0, 0.1) is 0 Å². The van der Waals surface area contributed by atoms with Gasteiger partial charge in [-0.05, 0) is 37.7 Å². The molecule has 6 heteroatoms. The minimum Gasteiger partial charge on any atom is -0.346 e. The molecule has 0 saturated carbocycles. The van der Waals surface area contributed by atoms with Crippen LogP contribution in [0.2, 0.25) is 0 Å². The number of nitrogens with one attached hydrogen (secondary N) is 1. The Morgan fingerprint density at radius 3 is 2.78 bits per heavy atom. The van der Waals surface area contributed by atoms with E-state index in [0.717, 1.165) is 36.7 Å². The predicted octanol–water partition coefficient (Wildman–Crippen LogP) is 3.17. The van der Waals surface area contributed by atoms with E-state index >= 15 is 0 Å². The molecule has 102 valence electrons. The van der Waals surface area contributed by atoms with E-state index in [1.54, 1.807) is 0 Å². The van der Waals surface area contributed by atoms with Crippen LogP contribution in [0.25, 0.3) is 0 Å². The highest BCUT2D eigenvalue weighted by Crippen LogP contribution is 2.19. The van der Waals surface area contributed by atoms with Crippen molar-refractivity contribution in [2.45, 2.75) is 52.0 Å². The van der Waals surface area contributed by atoms with E-state index in [1.807, 2.05) is 0 Å². The number of halogens is 1. The number of carbonyl (C=O) groups excluding carboxylic acids is 1. The Hall–Kier alpha value is -0.490. The van der Waals surface area contributed by atoms with Crippen molar-refractivity contribution >= 4 is 33.4 Å². The van der Waals surface area contributed by atoms with Crippen LogP contribution >= 0.6 is 27.5 Å². The molecule has 0 aliphatic rings. The summed E-state index contributed by atoms with van der Waals surface area (Å²) in [6, 6.07) is 0. The number of aromatic nitrogens is 2. The lowest BCUT2D eigenvalue weighted by molar-refractivity contribution is 0.0905. The van der Waals surface area contributed by atoms with Gasteiger partial charge < -0.3 is 5.32 Å². The van der Waals surface area contributed by atoms with Gasteiger partial charge in [-0.15, -0.1) is 5.10 Å². The van der Waals surface area contributed by atoms with E-state index in [4.69, 9.17) is 0 Å². The second kappa shape index (κ2) is 7.19. The number of carbonyl (C=O) groups is 1. The van der Waals surface area contributed by atoms with Crippen LogP contribution in [0.4, 0.5) is 0 Å². The van der Waals surface area contributed by atoms with Crippen LogP contribution in [-0.2, 0) is 6.42 Å². The molecule has 0 bridgehead atoms. The zero-order valence-corrected chi connectivity index (χ0v) is 13.5. The molecule has 1 atom stereocenters. The summed E-state index contributed by atoms with van der Waals surface area (Å²) in [6.45, 7) is 6.23. The molecular formula is C12H20BrN3OS. The van der Waals surface area contributed by atoms with Crippen LogP contribution in [-0.4, -0.2) is 26.4 Å². The number of hydrogen-bond donors (Lipinski definition) is 1. The lowest BCUT2D eigenvalue weighted by Crippen LogP contribution is -2.45. The first-order valence-corrected chi connectivity index (χ1v) is 8.15. The maximum atomic E-state index is 12.3. The fraction of sp³-hybridized carbons (Fsp3) is 0.750. The highest BCUT2D eigenvalue weighted by atomic mass is 79.9. The third-order valence-corrected chi connectivity index (χ3v) is 4.25. The topological polar surface area (TPSA) is 54.9 Å². The van der Waals surface area contributed by atoms with Crippen molar-refractivity contribution in [3.05, 3.63) is 10.6 Å². The Labute approximate surface area is 121 Å². The maximum absolute atomic E-state index is 12.3. The quantitative estimate of drug-likeness (QED) is 0.779. The van der Waals surface area contributed by atoms with Gasteiger partial charge in [0.2, 0.25) is 0 Å². The lowest BCUT2D eigenvalue weighted by Gasteiger charge is -2.28. The number of amides is 1. The van der Waals surface area contributed by atoms with Crippen molar-refractivity contribution in [1.29, 1.82) is 0 Å². The standard InChI is InChI=1S/C12H20BrN3OS/c1-4-6-9-10(18-16-15-9)11(17)14-12(3,5-2)7-8-13/h4-8H2,1-3H3,(H,14,17). The highest BCUT2D eigenvalue weighted by molar-refractivity contribution is 9.09. The third-order valence-electron chi connectivity index (χ3n) is 3.09. The first kappa shape index (κ1) is 15.6. The van der Waals surface area contributed by atoms with Crippen molar-refractivity contribution in [1.82, 2.24) is 14.9 Å². The molecule has 0 fully saturated rings. The second-order valence-electron chi connectivity index (χ2n) is 4.61. The van der Waals surface area contributed by atoms with Crippen LogP contribution < -0.4 is 5.32 Å². The van der Waals surface area contributed by atoms with Crippen LogP contribution in [0.5, 0.6) is 0 Å². The Morgan fingerprint density at radius 2 is 2.22 bits per heavy atom. The monoisotopic (exact) mass is 333 g/mol. The number of hydrogen-bond acceptors (Lipinski definition) is 4. The average Bonchev–Trinajstić information content (AvgIpc) is 2.78. The minimum absolute atomic E-state index is 0.0428. The second-order valence-corrected chi connectivity index (χ2v) is 6.15. The highest BCUT2D eigenvalue weighted by Gasteiger charge is 2.26. The molecule has 0 aliphatic heterocycles. The first-order chi connectivity index (χ1) is 8.56. The number of aryl methyl sites for hydroxylation is 1. The van der Waals surface area contributed by atoms with Crippen molar-refractivity contribution in [3.8, 4) is 0 Å². The van der Waals surface area contributed by atoms with Crippen molar-refractivity contribution < 1.29 is 4.79 Å². The zero-order chi connectivity index (χ0) is 13.6. The molecular weight excluding hydrogens is 314 g/mol. The van der Waals surface area contributed by atoms with Gasteiger partial charge in [0.1, 0.15) is 4.88 Å². The van der Waals surface area contributed by atoms with E-state index < -0.39 is 0 Å². The van der Waals surface area contributed by atoms with Crippen LogP contribution in [0.3, 0.4) is 0 Å². The third kappa shape index (κ3) is 4.02. The van der Waals surface area contributed by atoms with Crippen molar-refractivity contribution in [2.24, 2.45) is 0 Å². The maximum Gasteiger partial charge on any atom is 0.265 e. The smallest absolute Gasteiger partial charge is 0.265 e. The minimum atomic E-state index is -0.173. The SMILES string of the molecule is CCCc1nnsc1C(=O)NC(C)(CC)CCBr. The average molecular weight is 334 g/mol. The molecule has 0 aliphatic carbocycles. The summed E-state index contributed by atoms with van der Waals surface area (Å²) in [6.07, 6.45) is 3.59. The van der Waals surface area contributed by atoms with Gasteiger partial charge in [-0.3, -0.25) is 4.79 Å². The summed E-state index contributed by atoms with van der Waals surface area (Å²) < 4.78 is 3.89. The lowest BCUT2D eigenvalue weighted by atomic mass is 9.95. The fourth-order valence-electron chi connectivity index (χ4n) is 1.65. The summed E-state index contributed by atoms with van der Waals surface area (Å²) in [4.78, 5) is 12.9. The number of rotatable bonds is 7. The summed E-state index contributed by atoms with van der Waals surface area (Å²) in [5.41, 5.74) is 0.644. The first-order valence-electron chi connectivity index (χ1n) is 6.26. The summed E-state index contributed by atoms with van der Waals surface area (Å²) >= 11 is 4.61. The molecule has 0 aromatic carbocycles. The molecule has 1 aromatic rings. The van der Waals surface area contributed by atoms with Gasteiger partial charge in [0.05, 0.1) is 5.69 Å². The van der Waals surface area contributed by atoms with Gasteiger partial charge >= 0.3 is 0 Å². The van der Waals surface area contributed by atoms with Crippen molar-refractivity contribution in [2.75, 3.05) is 5.33 Å². The van der Waals surface area contributed by atoms with Crippen LogP contribution in [0.1, 0.15) is 55.4 Å². The fourth-order valence-corrected chi connectivity index (χ4v) is 3.13. The Bertz CT molecular complexity index is 396. The Balaban J connectivity index is 2.77. The van der Waals surface area contributed by atoms with Gasteiger partial charge in [0.25, 0.3) is 5.91 Å².